The minimum atomic E-state index is 0.249. The number of ether oxygens (including phenoxy) is 1. The van der Waals surface area contributed by atoms with Crippen LogP contribution in [0.5, 0.6) is 5.75 Å². The van der Waals surface area contributed by atoms with Gasteiger partial charge >= 0.3 is 0 Å². The van der Waals surface area contributed by atoms with E-state index in [1.165, 1.54) is 11.3 Å². The maximum Gasteiger partial charge on any atom is 0.121 e. The van der Waals surface area contributed by atoms with E-state index in [-0.39, 0.29) is 5.54 Å². The van der Waals surface area contributed by atoms with E-state index in [2.05, 4.69) is 43.5 Å². The Kier molecular flexibility index (Phi) is 3.29. The van der Waals surface area contributed by atoms with Gasteiger partial charge in [0.2, 0.25) is 0 Å². The van der Waals surface area contributed by atoms with Crippen LogP contribution in [0.15, 0.2) is 18.2 Å². The number of benzene rings is 1. The Balaban J connectivity index is 2.02. The van der Waals surface area contributed by atoms with Crippen molar-refractivity contribution in [3.8, 4) is 5.75 Å². The molecule has 1 aliphatic rings. The van der Waals surface area contributed by atoms with Gasteiger partial charge in [-0.15, -0.1) is 0 Å². The molecule has 0 aliphatic carbocycles. The van der Waals surface area contributed by atoms with Crippen LogP contribution in [0.2, 0.25) is 0 Å². The van der Waals surface area contributed by atoms with Crippen molar-refractivity contribution in [2.45, 2.75) is 38.8 Å². The molecule has 1 fully saturated rings. The van der Waals surface area contributed by atoms with Crippen molar-refractivity contribution in [1.82, 2.24) is 5.32 Å². The molecule has 94 valence electrons. The summed E-state index contributed by atoms with van der Waals surface area (Å²) < 4.78 is 5.26. The highest BCUT2D eigenvalue weighted by molar-refractivity contribution is 5.51. The molecule has 0 aromatic heterocycles. The highest BCUT2D eigenvalue weighted by Crippen LogP contribution is 2.25. The summed E-state index contributed by atoms with van der Waals surface area (Å²) >= 11 is 0. The van der Waals surface area contributed by atoms with Gasteiger partial charge in [0, 0.05) is 23.8 Å². The lowest BCUT2D eigenvalue weighted by Crippen LogP contribution is -2.31. The quantitative estimate of drug-likeness (QED) is 0.843. The Morgan fingerprint density at radius 1 is 1.41 bits per heavy atom. The van der Waals surface area contributed by atoms with Gasteiger partial charge in [-0.3, -0.25) is 0 Å². The molecule has 0 amide bonds. The number of hydrogen-bond acceptors (Lipinski definition) is 3. The van der Waals surface area contributed by atoms with Gasteiger partial charge in [0.15, 0.2) is 0 Å². The van der Waals surface area contributed by atoms with Crippen LogP contribution in [0.1, 0.15) is 25.8 Å². The highest BCUT2D eigenvalue weighted by atomic mass is 16.5. The summed E-state index contributed by atoms with van der Waals surface area (Å²) in [6.07, 6.45) is 1.15. The molecular weight excluding hydrogens is 212 g/mol. The van der Waals surface area contributed by atoms with Crippen LogP contribution in [0, 0.1) is 6.92 Å². The van der Waals surface area contributed by atoms with Gasteiger partial charge in [-0.25, -0.2) is 0 Å². The van der Waals surface area contributed by atoms with Crippen molar-refractivity contribution in [3.63, 3.8) is 0 Å². The lowest BCUT2D eigenvalue weighted by Gasteiger charge is -2.18. The Labute approximate surface area is 104 Å². The van der Waals surface area contributed by atoms with Crippen LogP contribution in [-0.4, -0.2) is 25.2 Å². The number of nitrogens with one attached hydrogen (secondary N) is 2. The minimum absolute atomic E-state index is 0.249. The molecule has 1 heterocycles. The first-order chi connectivity index (χ1) is 8.00. The molecular formula is C14H22N2O. The number of methoxy groups -OCH3 is 1. The third kappa shape index (κ3) is 2.91. The Hall–Kier alpha value is -1.22. The molecule has 3 heteroatoms. The van der Waals surface area contributed by atoms with E-state index in [1.54, 1.807) is 7.11 Å². The summed E-state index contributed by atoms with van der Waals surface area (Å²) in [5, 5.41) is 7.09. The summed E-state index contributed by atoms with van der Waals surface area (Å²) in [5.41, 5.74) is 2.59. The van der Waals surface area contributed by atoms with E-state index in [9.17, 15) is 0 Å². The van der Waals surface area contributed by atoms with Gasteiger partial charge in [0.1, 0.15) is 5.75 Å². The average molecular weight is 234 g/mol. The molecule has 1 aliphatic heterocycles. The van der Waals surface area contributed by atoms with Gasteiger partial charge in [-0.1, -0.05) is 0 Å². The number of rotatable bonds is 3. The van der Waals surface area contributed by atoms with Crippen LogP contribution >= 0.6 is 0 Å². The maximum atomic E-state index is 5.26. The molecule has 0 radical (unpaired) electrons. The number of aryl methyl sites for hydroxylation is 1. The molecule has 0 bridgehead atoms. The second-order valence-corrected chi connectivity index (χ2v) is 5.49. The van der Waals surface area contributed by atoms with Crippen molar-refractivity contribution >= 4 is 5.69 Å². The van der Waals surface area contributed by atoms with Gasteiger partial charge in [-0.05, 0) is 51.0 Å². The van der Waals surface area contributed by atoms with E-state index in [0.29, 0.717) is 6.04 Å². The van der Waals surface area contributed by atoms with Crippen molar-refractivity contribution in [1.29, 1.82) is 0 Å². The molecule has 3 nitrogen and oxygen atoms in total. The standard InChI is InChI=1S/C14H22N2O/c1-10-7-11(5-6-13(10)17-4)16-12-8-14(2,3)15-9-12/h5-7,12,15-16H,8-9H2,1-4H3. The summed E-state index contributed by atoms with van der Waals surface area (Å²) in [4.78, 5) is 0. The molecule has 1 unspecified atom stereocenters. The normalized spacial score (nSPS) is 22.5. The predicted octanol–water partition coefficient (Wildman–Crippen LogP) is 2.56. The second kappa shape index (κ2) is 4.57. The third-order valence-corrected chi connectivity index (χ3v) is 3.35. The fraction of sp³-hybridized carbons (Fsp3) is 0.571. The van der Waals surface area contributed by atoms with Crippen molar-refractivity contribution in [2.75, 3.05) is 19.0 Å². The summed E-state index contributed by atoms with van der Waals surface area (Å²) in [6, 6.07) is 6.75. The fourth-order valence-electron chi connectivity index (χ4n) is 2.47. The zero-order valence-corrected chi connectivity index (χ0v) is 11.1. The monoisotopic (exact) mass is 234 g/mol. The molecule has 1 saturated heterocycles. The minimum Gasteiger partial charge on any atom is -0.496 e. The molecule has 17 heavy (non-hydrogen) atoms. The van der Waals surface area contributed by atoms with Gasteiger partial charge in [0.25, 0.3) is 0 Å². The first-order valence-corrected chi connectivity index (χ1v) is 6.16. The molecule has 2 N–H and O–H groups in total. The summed E-state index contributed by atoms with van der Waals surface area (Å²) in [6.45, 7) is 7.58. The molecule has 1 atom stereocenters. The van der Waals surface area contributed by atoms with E-state index >= 15 is 0 Å². The molecule has 2 rings (SSSR count). The van der Waals surface area contributed by atoms with E-state index in [0.717, 1.165) is 18.7 Å². The second-order valence-electron chi connectivity index (χ2n) is 5.49. The summed E-state index contributed by atoms with van der Waals surface area (Å²) in [5.74, 6) is 0.945. The van der Waals surface area contributed by atoms with Crippen LogP contribution in [0.4, 0.5) is 5.69 Å². The Morgan fingerprint density at radius 2 is 2.18 bits per heavy atom. The molecule has 1 aromatic carbocycles. The predicted molar refractivity (Wildman–Crippen MR) is 71.8 cm³/mol. The van der Waals surface area contributed by atoms with Crippen LogP contribution in [0.3, 0.4) is 0 Å². The van der Waals surface area contributed by atoms with Crippen LogP contribution < -0.4 is 15.4 Å². The first kappa shape index (κ1) is 12.2. The zero-order valence-electron chi connectivity index (χ0n) is 11.1. The molecule has 1 aromatic rings. The average Bonchev–Trinajstić information content (AvgIpc) is 2.58. The first-order valence-electron chi connectivity index (χ1n) is 6.16. The lowest BCUT2D eigenvalue weighted by molar-refractivity contribution is 0.412. The third-order valence-electron chi connectivity index (χ3n) is 3.35. The van der Waals surface area contributed by atoms with E-state index in [1.807, 2.05) is 6.07 Å². The van der Waals surface area contributed by atoms with Crippen LogP contribution in [-0.2, 0) is 0 Å². The van der Waals surface area contributed by atoms with E-state index in [4.69, 9.17) is 4.74 Å². The zero-order chi connectivity index (χ0) is 12.5. The van der Waals surface area contributed by atoms with Crippen molar-refractivity contribution in [2.24, 2.45) is 0 Å². The SMILES string of the molecule is COc1ccc(NC2CNC(C)(C)C2)cc1C. The fourth-order valence-corrected chi connectivity index (χ4v) is 2.47. The smallest absolute Gasteiger partial charge is 0.121 e. The Bertz CT molecular complexity index is 401. The topological polar surface area (TPSA) is 33.3 Å². The summed E-state index contributed by atoms with van der Waals surface area (Å²) in [7, 11) is 1.71. The van der Waals surface area contributed by atoms with Gasteiger partial charge < -0.3 is 15.4 Å². The Morgan fingerprint density at radius 3 is 2.71 bits per heavy atom. The van der Waals surface area contributed by atoms with Crippen molar-refractivity contribution in [3.05, 3.63) is 23.8 Å². The lowest BCUT2D eigenvalue weighted by atomic mass is 10.0. The number of anilines is 1. The van der Waals surface area contributed by atoms with Crippen molar-refractivity contribution < 1.29 is 4.74 Å². The highest BCUT2D eigenvalue weighted by Gasteiger charge is 2.29. The molecule has 0 saturated carbocycles. The van der Waals surface area contributed by atoms with Crippen LogP contribution in [0.25, 0.3) is 0 Å². The van der Waals surface area contributed by atoms with E-state index < -0.39 is 0 Å². The molecule has 0 spiro atoms. The largest absolute Gasteiger partial charge is 0.496 e. The van der Waals surface area contributed by atoms with Gasteiger partial charge in [-0.2, -0.15) is 0 Å². The number of hydrogen-bond donors (Lipinski definition) is 2. The van der Waals surface area contributed by atoms with Gasteiger partial charge in [0.05, 0.1) is 7.11 Å². The maximum absolute atomic E-state index is 5.26.